The third-order valence-electron chi connectivity index (χ3n) is 6.23. The Morgan fingerprint density at radius 3 is 2.54 bits per heavy atom. The van der Waals surface area contributed by atoms with Gasteiger partial charge in [0.05, 0.1) is 4.88 Å². The number of aromatic nitrogens is 2. The van der Waals surface area contributed by atoms with Crippen LogP contribution in [0.25, 0.3) is 10.6 Å². The van der Waals surface area contributed by atoms with Crippen LogP contribution in [0.3, 0.4) is 0 Å². The van der Waals surface area contributed by atoms with Gasteiger partial charge in [-0.05, 0) is 55.0 Å². The summed E-state index contributed by atoms with van der Waals surface area (Å²) in [5.41, 5.74) is 0.811. The van der Waals surface area contributed by atoms with Crippen molar-refractivity contribution >= 4 is 17.2 Å². The molecule has 1 aliphatic carbocycles. The van der Waals surface area contributed by atoms with Crippen LogP contribution in [-0.4, -0.2) is 33.7 Å². The molecule has 6 heteroatoms. The highest BCUT2D eigenvalue weighted by Gasteiger charge is 2.26. The third kappa shape index (κ3) is 4.72. The Morgan fingerprint density at radius 1 is 1.04 bits per heavy atom. The molecule has 0 atom stereocenters. The van der Waals surface area contributed by atoms with Gasteiger partial charge in [-0.1, -0.05) is 25.3 Å². The van der Waals surface area contributed by atoms with Crippen molar-refractivity contribution in [3.05, 3.63) is 40.0 Å². The molecule has 0 N–H and O–H groups in total. The van der Waals surface area contributed by atoms with Gasteiger partial charge >= 0.3 is 0 Å². The molecule has 5 nitrogen and oxygen atoms in total. The molecule has 28 heavy (non-hydrogen) atoms. The minimum Gasteiger partial charge on any atom is -0.343 e. The average molecular weight is 400 g/mol. The predicted molar refractivity (Wildman–Crippen MR) is 112 cm³/mol. The van der Waals surface area contributed by atoms with E-state index in [4.69, 9.17) is 0 Å². The summed E-state index contributed by atoms with van der Waals surface area (Å²) in [4.78, 5) is 28.0. The molecule has 2 aliphatic rings. The molecule has 0 aromatic carbocycles. The number of hydrogen-bond acceptors (Lipinski definition) is 4. The van der Waals surface area contributed by atoms with Crippen LogP contribution in [0.1, 0.15) is 51.4 Å². The molecule has 2 aromatic heterocycles. The quantitative estimate of drug-likeness (QED) is 0.758. The fraction of sp³-hybridized carbons (Fsp3) is 0.591. The third-order valence-corrected chi connectivity index (χ3v) is 7.12. The van der Waals surface area contributed by atoms with Gasteiger partial charge in [-0.15, -0.1) is 11.3 Å². The first kappa shape index (κ1) is 19.4. The van der Waals surface area contributed by atoms with E-state index in [0.29, 0.717) is 24.3 Å². The van der Waals surface area contributed by atoms with Crippen molar-refractivity contribution in [3.63, 3.8) is 0 Å². The monoisotopic (exact) mass is 399 g/mol. The summed E-state index contributed by atoms with van der Waals surface area (Å²) in [5, 5.41) is 6.59. The number of likely N-dealkylation sites (tertiary alicyclic amines) is 1. The molecular formula is C22H29N3O2S. The molecule has 4 rings (SSSR count). The summed E-state index contributed by atoms with van der Waals surface area (Å²) in [6.07, 6.45) is 8.97. The van der Waals surface area contributed by atoms with E-state index in [0.717, 1.165) is 42.9 Å². The van der Waals surface area contributed by atoms with Gasteiger partial charge in [-0.2, -0.15) is 5.10 Å². The second-order valence-corrected chi connectivity index (χ2v) is 9.20. The molecule has 3 heterocycles. The Kier molecular flexibility index (Phi) is 6.25. The zero-order chi connectivity index (χ0) is 19.3. The number of amides is 1. The van der Waals surface area contributed by atoms with Crippen molar-refractivity contribution in [1.29, 1.82) is 0 Å². The van der Waals surface area contributed by atoms with Gasteiger partial charge in [0.25, 0.3) is 5.56 Å². The van der Waals surface area contributed by atoms with Gasteiger partial charge in [-0.3, -0.25) is 9.59 Å². The van der Waals surface area contributed by atoms with Gasteiger partial charge in [0.1, 0.15) is 5.69 Å². The maximum absolute atomic E-state index is 12.6. The molecule has 0 bridgehead atoms. The van der Waals surface area contributed by atoms with Crippen molar-refractivity contribution in [2.45, 2.75) is 57.9 Å². The van der Waals surface area contributed by atoms with Crippen molar-refractivity contribution in [1.82, 2.24) is 14.7 Å². The number of hydrogen-bond donors (Lipinski definition) is 0. The first-order chi connectivity index (χ1) is 13.7. The minimum absolute atomic E-state index is 0.0453. The Hall–Kier alpha value is -1.95. The van der Waals surface area contributed by atoms with Crippen molar-refractivity contribution in [2.24, 2.45) is 11.8 Å². The Balaban J connectivity index is 1.31. The first-order valence-electron chi connectivity index (χ1n) is 10.6. The summed E-state index contributed by atoms with van der Waals surface area (Å²) >= 11 is 1.63. The lowest BCUT2D eigenvalue weighted by molar-refractivity contribution is -0.133. The summed E-state index contributed by atoms with van der Waals surface area (Å²) in [5.74, 6) is 1.34. The maximum Gasteiger partial charge on any atom is 0.266 e. The molecular weight excluding hydrogens is 370 g/mol. The molecule has 2 aromatic rings. The normalized spacial score (nSPS) is 19.1. The second-order valence-electron chi connectivity index (χ2n) is 8.25. The van der Waals surface area contributed by atoms with E-state index in [1.807, 2.05) is 22.4 Å². The van der Waals surface area contributed by atoms with Gasteiger partial charge < -0.3 is 4.90 Å². The molecule has 1 saturated heterocycles. The summed E-state index contributed by atoms with van der Waals surface area (Å²) < 4.78 is 1.61. The number of piperidine rings is 1. The highest BCUT2D eigenvalue weighted by molar-refractivity contribution is 7.13. The predicted octanol–water partition coefficient (Wildman–Crippen LogP) is 4.18. The number of carbonyl (C=O) groups is 1. The topological polar surface area (TPSA) is 55.2 Å². The standard InChI is InChI=1S/C22H29N3O2S/c26-21-9-8-19(20-7-4-14-28-20)23-25(21)16-18-10-12-24(13-11-18)22(27)15-17-5-2-1-3-6-17/h4,7-9,14,17-18H,1-3,5-6,10-13,15-16H2. The Bertz CT molecular complexity index is 832. The lowest BCUT2D eigenvalue weighted by Crippen LogP contribution is -2.41. The zero-order valence-electron chi connectivity index (χ0n) is 16.4. The molecule has 0 radical (unpaired) electrons. The number of nitrogens with zero attached hydrogens (tertiary/aromatic N) is 3. The van der Waals surface area contributed by atoms with Crippen molar-refractivity contribution in [2.75, 3.05) is 13.1 Å². The van der Waals surface area contributed by atoms with Crippen LogP contribution in [0.4, 0.5) is 0 Å². The van der Waals surface area contributed by atoms with Gasteiger partial charge in [0.2, 0.25) is 5.91 Å². The van der Waals surface area contributed by atoms with E-state index in [2.05, 4.69) is 5.10 Å². The molecule has 2 fully saturated rings. The van der Waals surface area contributed by atoms with E-state index < -0.39 is 0 Å². The van der Waals surface area contributed by atoms with E-state index in [-0.39, 0.29) is 5.56 Å². The summed E-state index contributed by atoms with van der Waals surface area (Å²) in [6.45, 7) is 2.27. The van der Waals surface area contributed by atoms with Crippen LogP contribution in [0.5, 0.6) is 0 Å². The number of thiophene rings is 1. The maximum atomic E-state index is 12.6. The molecule has 1 amide bonds. The largest absolute Gasteiger partial charge is 0.343 e. The van der Waals surface area contributed by atoms with E-state index >= 15 is 0 Å². The van der Waals surface area contributed by atoms with Crippen molar-refractivity contribution < 1.29 is 4.79 Å². The smallest absolute Gasteiger partial charge is 0.266 e. The van der Waals surface area contributed by atoms with E-state index in [9.17, 15) is 9.59 Å². The molecule has 150 valence electrons. The SMILES string of the molecule is O=C(CC1CCCCC1)N1CCC(Cn2nc(-c3cccs3)ccc2=O)CC1. The molecule has 1 aliphatic heterocycles. The average Bonchev–Trinajstić information content (AvgIpc) is 3.26. The number of carbonyl (C=O) groups excluding carboxylic acids is 1. The Morgan fingerprint density at radius 2 is 1.82 bits per heavy atom. The van der Waals surface area contributed by atoms with Crippen LogP contribution in [-0.2, 0) is 11.3 Å². The lowest BCUT2D eigenvalue weighted by Gasteiger charge is -2.33. The van der Waals surface area contributed by atoms with Gasteiger partial charge in [0, 0.05) is 32.1 Å². The highest BCUT2D eigenvalue weighted by atomic mass is 32.1. The second kappa shape index (κ2) is 9.03. The van der Waals surface area contributed by atoms with E-state index in [1.54, 1.807) is 28.2 Å². The fourth-order valence-electron chi connectivity index (χ4n) is 4.51. The molecule has 0 unspecified atom stereocenters. The zero-order valence-corrected chi connectivity index (χ0v) is 17.2. The van der Waals surface area contributed by atoms with Crippen LogP contribution >= 0.6 is 11.3 Å². The molecule has 0 spiro atoms. The van der Waals surface area contributed by atoms with E-state index in [1.165, 1.54) is 32.1 Å². The van der Waals surface area contributed by atoms with Gasteiger partial charge in [0.15, 0.2) is 0 Å². The summed E-state index contributed by atoms with van der Waals surface area (Å²) in [6, 6.07) is 7.44. The Labute approximate surface area is 170 Å². The fourth-order valence-corrected chi connectivity index (χ4v) is 5.20. The minimum atomic E-state index is -0.0453. The number of rotatable bonds is 5. The van der Waals surface area contributed by atoms with Crippen molar-refractivity contribution in [3.8, 4) is 10.6 Å². The molecule has 1 saturated carbocycles. The summed E-state index contributed by atoms with van der Waals surface area (Å²) in [7, 11) is 0. The van der Waals surface area contributed by atoms with Gasteiger partial charge in [-0.25, -0.2) is 4.68 Å². The lowest BCUT2D eigenvalue weighted by atomic mass is 9.86. The van der Waals surface area contributed by atoms with Crippen LogP contribution in [0.15, 0.2) is 34.4 Å². The highest BCUT2D eigenvalue weighted by Crippen LogP contribution is 2.28. The van der Waals surface area contributed by atoms with Crippen LogP contribution < -0.4 is 5.56 Å². The first-order valence-corrected chi connectivity index (χ1v) is 11.5. The van der Waals surface area contributed by atoms with Crippen LogP contribution in [0, 0.1) is 11.8 Å². The van der Waals surface area contributed by atoms with Crippen LogP contribution in [0.2, 0.25) is 0 Å².